The molecule has 0 radical (unpaired) electrons. The van der Waals surface area contributed by atoms with Crippen LogP contribution in [0, 0.1) is 0 Å². The van der Waals surface area contributed by atoms with Gasteiger partial charge in [-0.05, 0) is 44.2 Å². The Morgan fingerprint density at radius 2 is 1.80 bits per heavy atom. The summed E-state index contributed by atoms with van der Waals surface area (Å²) in [5.41, 5.74) is 0.296. The molecule has 20 heavy (non-hydrogen) atoms. The van der Waals surface area contributed by atoms with Crippen LogP contribution in [0.5, 0.6) is 0 Å². The van der Waals surface area contributed by atoms with Gasteiger partial charge >= 0.3 is 0 Å². The third kappa shape index (κ3) is 3.31. The maximum absolute atomic E-state index is 11.6. The topological polar surface area (TPSA) is 69.6 Å². The molecule has 0 saturated heterocycles. The summed E-state index contributed by atoms with van der Waals surface area (Å²) in [6.07, 6.45) is 3.82. The number of rotatable bonds is 5. The van der Waals surface area contributed by atoms with Gasteiger partial charge in [0.15, 0.2) is 0 Å². The maximum atomic E-state index is 11.6. The summed E-state index contributed by atoms with van der Waals surface area (Å²) >= 11 is 0. The molecule has 1 aliphatic rings. The van der Waals surface area contributed by atoms with E-state index in [0.29, 0.717) is 6.54 Å². The molecule has 6 heteroatoms. The summed E-state index contributed by atoms with van der Waals surface area (Å²) in [7, 11) is -0.0846. The molecule has 0 heterocycles. The number of likely N-dealkylation sites (N-methyl/N-ethyl adjacent to an activating group) is 1. The van der Waals surface area contributed by atoms with E-state index in [-0.39, 0.29) is 4.90 Å². The molecule has 0 aromatic heterocycles. The third-order valence-corrected chi connectivity index (χ3v) is 5.35. The normalized spacial score (nSPS) is 18.1. The van der Waals surface area contributed by atoms with Gasteiger partial charge in [-0.1, -0.05) is 12.8 Å². The van der Waals surface area contributed by atoms with Gasteiger partial charge in [-0.2, -0.15) is 0 Å². The van der Waals surface area contributed by atoms with E-state index in [0.717, 1.165) is 31.4 Å². The predicted octanol–water partition coefficient (Wildman–Crippen LogP) is 1.34. The number of aliphatic hydroxyl groups is 1. The molecule has 2 N–H and O–H groups in total. The molecule has 1 fully saturated rings. The van der Waals surface area contributed by atoms with Gasteiger partial charge in [0.05, 0.1) is 10.5 Å². The highest BCUT2D eigenvalue weighted by Crippen LogP contribution is 2.31. The highest BCUT2D eigenvalue weighted by molar-refractivity contribution is 7.89. The predicted molar refractivity (Wildman–Crippen MR) is 79.4 cm³/mol. The summed E-state index contributed by atoms with van der Waals surface area (Å²) < 4.78 is 25.6. The lowest BCUT2D eigenvalue weighted by atomic mass is 10.0. The van der Waals surface area contributed by atoms with Crippen molar-refractivity contribution >= 4 is 15.7 Å². The van der Waals surface area contributed by atoms with Crippen molar-refractivity contribution in [3.05, 3.63) is 24.3 Å². The fraction of sp³-hybridized carbons (Fsp3) is 0.571. The fourth-order valence-electron chi connectivity index (χ4n) is 2.72. The summed E-state index contributed by atoms with van der Waals surface area (Å²) in [6.45, 7) is 0.575. The van der Waals surface area contributed by atoms with Crippen molar-refractivity contribution in [3.63, 3.8) is 0 Å². The van der Waals surface area contributed by atoms with Crippen molar-refractivity contribution in [2.45, 2.75) is 36.2 Å². The average molecular weight is 298 g/mol. The summed E-state index contributed by atoms with van der Waals surface area (Å²) in [4.78, 5) is 2.22. The number of hydrogen-bond donors (Lipinski definition) is 2. The van der Waals surface area contributed by atoms with Crippen molar-refractivity contribution in [2.24, 2.45) is 0 Å². The van der Waals surface area contributed by atoms with Crippen LogP contribution >= 0.6 is 0 Å². The Morgan fingerprint density at radius 3 is 2.30 bits per heavy atom. The van der Waals surface area contributed by atoms with Gasteiger partial charge in [0.1, 0.15) is 0 Å². The Hall–Kier alpha value is -1.11. The van der Waals surface area contributed by atoms with E-state index in [1.165, 1.54) is 7.05 Å². The fourth-order valence-corrected chi connectivity index (χ4v) is 3.45. The van der Waals surface area contributed by atoms with Crippen LogP contribution in [0.1, 0.15) is 25.7 Å². The molecule has 1 saturated carbocycles. The van der Waals surface area contributed by atoms with Crippen LogP contribution in [-0.2, 0) is 10.0 Å². The first-order valence-corrected chi connectivity index (χ1v) is 8.32. The molecule has 1 aromatic rings. The maximum Gasteiger partial charge on any atom is 0.240 e. The zero-order chi connectivity index (χ0) is 14.8. The molecule has 0 unspecified atom stereocenters. The van der Waals surface area contributed by atoms with E-state index in [1.54, 1.807) is 24.3 Å². The van der Waals surface area contributed by atoms with Crippen LogP contribution < -0.4 is 9.62 Å². The Labute approximate surface area is 120 Å². The molecule has 0 aliphatic heterocycles. The van der Waals surface area contributed by atoms with Gasteiger partial charge in [0.25, 0.3) is 0 Å². The minimum absolute atomic E-state index is 0.247. The average Bonchev–Trinajstić information content (AvgIpc) is 2.85. The second-order valence-electron chi connectivity index (χ2n) is 5.49. The molecule has 112 valence electrons. The SMILES string of the molecule is CNS(=O)(=O)c1ccc(N(C)CC2(O)CCCC2)cc1. The van der Waals surface area contributed by atoms with Crippen LogP contribution in [0.15, 0.2) is 29.2 Å². The van der Waals surface area contributed by atoms with Crippen molar-refractivity contribution in [1.29, 1.82) is 0 Å². The smallest absolute Gasteiger partial charge is 0.240 e. The molecule has 0 bridgehead atoms. The zero-order valence-corrected chi connectivity index (χ0v) is 12.8. The molecule has 0 amide bonds. The summed E-state index contributed by atoms with van der Waals surface area (Å²) in [5, 5.41) is 10.4. The van der Waals surface area contributed by atoms with Crippen molar-refractivity contribution < 1.29 is 13.5 Å². The minimum Gasteiger partial charge on any atom is -0.388 e. The van der Waals surface area contributed by atoms with Crippen LogP contribution in [0.3, 0.4) is 0 Å². The molecule has 5 nitrogen and oxygen atoms in total. The first kappa shape index (κ1) is 15.3. The Morgan fingerprint density at radius 1 is 1.25 bits per heavy atom. The molecular formula is C14H22N2O3S. The minimum atomic E-state index is -3.39. The van der Waals surface area contributed by atoms with E-state index >= 15 is 0 Å². The highest BCUT2D eigenvalue weighted by atomic mass is 32.2. The van der Waals surface area contributed by atoms with Gasteiger partial charge in [-0.15, -0.1) is 0 Å². The number of anilines is 1. The van der Waals surface area contributed by atoms with E-state index in [1.807, 2.05) is 11.9 Å². The standard InChI is InChI=1S/C14H22N2O3S/c1-15-20(18,19)13-7-5-12(6-8-13)16(2)11-14(17)9-3-4-10-14/h5-8,15,17H,3-4,9-11H2,1-2H3. The second-order valence-corrected chi connectivity index (χ2v) is 7.38. The monoisotopic (exact) mass is 298 g/mol. The van der Waals surface area contributed by atoms with E-state index in [9.17, 15) is 13.5 Å². The Balaban J connectivity index is 2.10. The molecule has 1 aliphatic carbocycles. The van der Waals surface area contributed by atoms with E-state index in [2.05, 4.69) is 4.72 Å². The van der Waals surface area contributed by atoms with E-state index in [4.69, 9.17) is 0 Å². The van der Waals surface area contributed by atoms with E-state index < -0.39 is 15.6 Å². The van der Waals surface area contributed by atoms with Crippen LogP contribution in [0.4, 0.5) is 5.69 Å². The molecular weight excluding hydrogens is 276 g/mol. The van der Waals surface area contributed by atoms with Crippen LogP contribution in [-0.4, -0.2) is 39.8 Å². The third-order valence-electron chi connectivity index (χ3n) is 3.92. The number of sulfonamides is 1. The molecule has 1 aromatic carbocycles. The second kappa shape index (κ2) is 5.71. The lowest BCUT2D eigenvalue weighted by Gasteiger charge is -2.30. The van der Waals surface area contributed by atoms with Crippen LogP contribution in [0.25, 0.3) is 0 Å². The number of hydrogen-bond acceptors (Lipinski definition) is 4. The van der Waals surface area contributed by atoms with Crippen molar-refractivity contribution in [1.82, 2.24) is 4.72 Å². The zero-order valence-electron chi connectivity index (χ0n) is 12.0. The van der Waals surface area contributed by atoms with Gasteiger partial charge in [-0.3, -0.25) is 0 Å². The summed E-state index contributed by atoms with van der Waals surface area (Å²) in [6, 6.07) is 6.69. The van der Waals surface area contributed by atoms with Gasteiger partial charge in [0, 0.05) is 19.3 Å². The lowest BCUT2D eigenvalue weighted by Crippen LogP contribution is -2.39. The van der Waals surface area contributed by atoms with Crippen molar-refractivity contribution in [3.8, 4) is 0 Å². The number of nitrogens with zero attached hydrogens (tertiary/aromatic N) is 1. The van der Waals surface area contributed by atoms with Crippen LogP contribution in [0.2, 0.25) is 0 Å². The quantitative estimate of drug-likeness (QED) is 0.860. The molecule has 0 spiro atoms. The van der Waals surface area contributed by atoms with Gasteiger partial charge in [0.2, 0.25) is 10.0 Å². The lowest BCUT2D eigenvalue weighted by molar-refractivity contribution is 0.0559. The molecule has 2 rings (SSSR count). The van der Waals surface area contributed by atoms with Gasteiger partial charge < -0.3 is 10.0 Å². The summed E-state index contributed by atoms with van der Waals surface area (Å²) in [5.74, 6) is 0. The number of nitrogens with one attached hydrogen (secondary N) is 1. The first-order chi connectivity index (χ1) is 9.36. The largest absolute Gasteiger partial charge is 0.388 e. The Kier molecular flexibility index (Phi) is 4.36. The molecule has 0 atom stereocenters. The highest BCUT2D eigenvalue weighted by Gasteiger charge is 2.32. The van der Waals surface area contributed by atoms with Gasteiger partial charge in [-0.25, -0.2) is 13.1 Å². The number of benzene rings is 1. The first-order valence-electron chi connectivity index (χ1n) is 6.83. The van der Waals surface area contributed by atoms with Crippen molar-refractivity contribution in [2.75, 3.05) is 25.5 Å². The Bertz CT molecular complexity index is 548.